The van der Waals surface area contributed by atoms with Crippen molar-refractivity contribution < 1.29 is 12.8 Å². The van der Waals surface area contributed by atoms with Crippen molar-refractivity contribution in [1.82, 2.24) is 9.71 Å². The molecule has 0 bridgehead atoms. The highest BCUT2D eigenvalue weighted by Crippen LogP contribution is 2.35. The zero-order valence-corrected chi connectivity index (χ0v) is 16.0. The van der Waals surface area contributed by atoms with Gasteiger partial charge in [-0.05, 0) is 13.5 Å². The monoisotopic (exact) mass is 388 g/mol. The van der Waals surface area contributed by atoms with Gasteiger partial charge in [0, 0.05) is 16.9 Å². The Kier molecular flexibility index (Phi) is 6.13. The van der Waals surface area contributed by atoms with Crippen molar-refractivity contribution in [3.8, 4) is 22.6 Å². The summed E-state index contributed by atoms with van der Waals surface area (Å²) in [5, 5.41) is 0.546. The van der Waals surface area contributed by atoms with Crippen LogP contribution in [0, 0.1) is 0 Å². The predicted octanol–water partition coefficient (Wildman–Crippen LogP) is 4.04. The van der Waals surface area contributed by atoms with E-state index in [-0.39, 0.29) is 5.75 Å². The Balaban J connectivity index is 1.81. The second-order valence-corrected chi connectivity index (χ2v) is 8.71. The van der Waals surface area contributed by atoms with Crippen molar-refractivity contribution in [2.45, 2.75) is 11.6 Å². The van der Waals surface area contributed by atoms with Crippen molar-refractivity contribution in [2.24, 2.45) is 0 Å². The predicted molar refractivity (Wildman–Crippen MR) is 106 cm³/mol. The fraction of sp³-hybridized carbons (Fsp3) is 0.211. The summed E-state index contributed by atoms with van der Waals surface area (Å²) in [6, 6.07) is 19.7. The molecule has 0 aliphatic heterocycles. The molecular weight excluding hydrogens is 368 g/mol. The van der Waals surface area contributed by atoms with Gasteiger partial charge in [0.1, 0.15) is 5.69 Å². The summed E-state index contributed by atoms with van der Waals surface area (Å²) in [7, 11) is -1.75. The van der Waals surface area contributed by atoms with Crippen molar-refractivity contribution >= 4 is 21.8 Å². The molecule has 0 amide bonds. The Hall–Kier alpha value is -2.09. The first-order valence-electron chi connectivity index (χ1n) is 8.25. The fourth-order valence-corrected chi connectivity index (χ4v) is 4.12. The maximum Gasteiger partial charge on any atom is 0.256 e. The second-order valence-electron chi connectivity index (χ2n) is 5.61. The standard InChI is InChI=1S/C19H20N2O3S2/c1-20-26(22,23)14-8-13-25-19-21-17(15-9-4-2-5-10-15)18(24-19)16-11-6-3-7-12-16/h2-7,9-12,20H,8,13-14H2,1H3. The van der Waals surface area contributed by atoms with Crippen LogP contribution in [0.1, 0.15) is 6.42 Å². The molecule has 0 spiro atoms. The topological polar surface area (TPSA) is 72.2 Å². The summed E-state index contributed by atoms with van der Waals surface area (Å²) in [6.07, 6.45) is 0.525. The number of nitrogens with one attached hydrogen (secondary N) is 1. The minimum atomic E-state index is -3.18. The quantitative estimate of drug-likeness (QED) is 0.466. The molecule has 0 radical (unpaired) electrons. The normalized spacial score (nSPS) is 11.6. The van der Waals surface area contributed by atoms with Gasteiger partial charge in [-0.25, -0.2) is 18.1 Å². The average molecular weight is 389 g/mol. The van der Waals surface area contributed by atoms with Gasteiger partial charge in [0.15, 0.2) is 5.76 Å². The van der Waals surface area contributed by atoms with E-state index in [2.05, 4.69) is 9.71 Å². The number of nitrogens with zero attached hydrogens (tertiary/aromatic N) is 1. The first kappa shape index (κ1) is 18.7. The molecule has 3 aromatic rings. The van der Waals surface area contributed by atoms with Gasteiger partial charge in [-0.1, -0.05) is 72.4 Å². The third kappa shape index (κ3) is 4.75. The van der Waals surface area contributed by atoms with Crippen molar-refractivity contribution in [2.75, 3.05) is 18.6 Å². The number of hydrogen-bond acceptors (Lipinski definition) is 5. The molecule has 136 valence electrons. The van der Waals surface area contributed by atoms with Gasteiger partial charge in [-0.2, -0.15) is 0 Å². The first-order valence-corrected chi connectivity index (χ1v) is 10.9. The van der Waals surface area contributed by atoms with Crippen molar-refractivity contribution in [1.29, 1.82) is 0 Å². The van der Waals surface area contributed by atoms with Crippen LogP contribution >= 0.6 is 11.8 Å². The summed E-state index contributed by atoms with van der Waals surface area (Å²) in [4.78, 5) is 4.64. The summed E-state index contributed by atoms with van der Waals surface area (Å²) < 4.78 is 31.3. The molecule has 0 fully saturated rings. The largest absolute Gasteiger partial charge is 0.431 e. The van der Waals surface area contributed by atoms with E-state index in [0.717, 1.165) is 22.6 Å². The van der Waals surface area contributed by atoms with Crippen LogP contribution in [0.3, 0.4) is 0 Å². The van der Waals surface area contributed by atoms with Gasteiger partial charge in [0.2, 0.25) is 10.0 Å². The Morgan fingerprint density at radius 3 is 2.23 bits per heavy atom. The lowest BCUT2D eigenvalue weighted by molar-refractivity contribution is 0.466. The molecule has 7 heteroatoms. The molecule has 5 nitrogen and oxygen atoms in total. The molecular formula is C19H20N2O3S2. The van der Waals surface area contributed by atoms with Gasteiger partial charge >= 0.3 is 0 Å². The molecule has 1 aromatic heterocycles. The fourth-order valence-electron chi connectivity index (χ4n) is 2.45. The number of thioether (sulfide) groups is 1. The molecule has 0 saturated heterocycles. The summed E-state index contributed by atoms with van der Waals surface area (Å²) >= 11 is 1.43. The number of sulfonamides is 1. The van der Waals surface area contributed by atoms with Crippen LogP contribution in [0.2, 0.25) is 0 Å². The van der Waals surface area contributed by atoms with Crippen LogP contribution in [0.25, 0.3) is 22.6 Å². The number of aromatic nitrogens is 1. The molecule has 0 saturated carbocycles. The third-order valence-corrected chi connectivity index (χ3v) is 6.15. The third-order valence-electron chi connectivity index (χ3n) is 3.78. The van der Waals surface area contributed by atoms with E-state index in [0.29, 0.717) is 17.4 Å². The Morgan fingerprint density at radius 2 is 1.62 bits per heavy atom. The molecule has 0 atom stereocenters. The molecule has 1 heterocycles. The van der Waals surface area contributed by atoms with Crippen LogP contribution < -0.4 is 4.72 Å². The van der Waals surface area contributed by atoms with Crippen LogP contribution in [0.5, 0.6) is 0 Å². The smallest absolute Gasteiger partial charge is 0.256 e. The maximum absolute atomic E-state index is 11.5. The molecule has 2 aromatic carbocycles. The van der Waals surface area contributed by atoms with Crippen LogP contribution in [-0.4, -0.2) is 32.0 Å². The zero-order valence-electron chi connectivity index (χ0n) is 14.4. The SMILES string of the molecule is CNS(=O)(=O)CCCSc1nc(-c2ccccc2)c(-c2ccccc2)o1. The lowest BCUT2D eigenvalue weighted by Crippen LogP contribution is -2.22. The number of hydrogen-bond donors (Lipinski definition) is 1. The summed E-state index contributed by atoms with van der Waals surface area (Å²) in [6.45, 7) is 0. The van der Waals surface area contributed by atoms with Gasteiger partial charge in [0.25, 0.3) is 5.22 Å². The second kappa shape index (κ2) is 8.53. The molecule has 26 heavy (non-hydrogen) atoms. The van der Waals surface area contributed by atoms with E-state index in [1.165, 1.54) is 18.8 Å². The van der Waals surface area contributed by atoms with Crippen LogP contribution in [0.15, 0.2) is 70.3 Å². The Bertz CT molecular complexity index is 882. The number of rotatable bonds is 8. The number of oxazole rings is 1. The van der Waals surface area contributed by atoms with Crippen molar-refractivity contribution in [3.63, 3.8) is 0 Å². The van der Waals surface area contributed by atoms with E-state index in [4.69, 9.17) is 4.42 Å². The average Bonchev–Trinajstić information content (AvgIpc) is 3.11. The maximum atomic E-state index is 11.5. The molecule has 3 rings (SSSR count). The lowest BCUT2D eigenvalue weighted by atomic mass is 10.1. The van der Waals surface area contributed by atoms with E-state index < -0.39 is 10.0 Å². The Morgan fingerprint density at radius 1 is 1.00 bits per heavy atom. The van der Waals surface area contributed by atoms with Gasteiger partial charge in [-0.3, -0.25) is 0 Å². The minimum Gasteiger partial charge on any atom is -0.431 e. The highest BCUT2D eigenvalue weighted by Gasteiger charge is 2.17. The molecule has 0 unspecified atom stereocenters. The van der Waals surface area contributed by atoms with Crippen molar-refractivity contribution in [3.05, 3.63) is 60.7 Å². The van der Waals surface area contributed by atoms with E-state index in [9.17, 15) is 8.42 Å². The summed E-state index contributed by atoms with van der Waals surface area (Å²) in [5.41, 5.74) is 2.74. The number of benzene rings is 2. The highest BCUT2D eigenvalue weighted by molar-refractivity contribution is 7.99. The summed E-state index contributed by atoms with van der Waals surface area (Å²) in [5.74, 6) is 1.43. The highest BCUT2D eigenvalue weighted by atomic mass is 32.2. The van der Waals surface area contributed by atoms with Gasteiger partial charge in [-0.15, -0.1) is 0 Å². The molecule has 0 aliphatic rings. The molecule has 1 N–H and O–H groups in total. The van der Waals surface area contributed by atoms with Crippen LogP contribution in [-0.2, 0) is 10.0 Å². The van der Waals surface area contributed by atoms with E-state index in [1.807, 2.05) is 60.7 Å². The van der Waals surface area contributed by atoms with Gasteiger partial charge in [0.05, 0.1) is 5.75 Å². The van der Waals surface area contributed by atoms with Gasteiger partial charge < -0.3 is 4.42 Å². The Labute approximate surface area is 157 Å². The minimum absolute atomic E-state index is 0.0916. The van der Waals surface area contributed by atoms with E-state index in [1.54, 1.807) is 0 Å². The zero-order chi connectivity index (χ0) is 18.4. The lowest BCUT2D eigenvalue weighted by Gasteiger charge is -2.01. The van der Waals surface area contributed by atoms with Crippen LogP contribution in [0.4, 0.5) is 0 Å². The van der Waals surface area contributed by atoms with E-state index >= 15 is 0 Å². The molecule has 0 aliphatic carbocycles. The first-order chi connectivity index (χ1) is 12.6.